The number of aromatic nitrogens is 2. The first-order chi connectivity index (χ1) is 16.7. The SMILES string of the molecule is Cc1sc2ncnc(N3CCN(S(=O)(=O)c4ccc(C(C)(C)C)cc4)CC3)c2c1-c1ccccc1. The standard InChI is InChI=1S/C27H30N4O2S2/c1-19-23(20-8-6-5-7-9-20)24-25(28-18-29-26(24)34-19)30-14-16-31(17-15-30)35(32,33)22-12-10-21(11-13-22)27(2,3)4/h5-13,18H,14-17H2,1-4H3. The normalized spacial score (nSPS) is 15.6. The summed E-state index contributed by atoms with van der Waals surface area (Å²) in [5, 5.41) is 1.05. The van der Waals surface area contributed by atoms with E-state index in [0.29, 0.717) is 31.1 Å². The average Bonchev–Trinajstić information content (AvgIpc) is 3.20. The molecule has 0 unspecified atom stereocenters. The minimum absolute atomic E-state index is 0.0184. The van der Waals surface area contributed by atoms with Gasteiger partial charge in [-0.15, -0.1) is 11.3 Å². The van der Waals surface area contributed by atoms with Crippen molar-refractivity contribution in [2.24, 2.45) is 0 Å². The molecule has 0 aliphatic carbocycles. The van der Waals surface area contributed by atoms with Crippen LogP contribution < -0.4 is 4.90 Å². The van der Waals surface area contributed by atoms with E-state index in [4.69, 9.17) is 0 Å². The van der Waals surface area contributed by atoms with E-state index in [0.717, 1.165) is 32.7 Å². The Morgan fingerprint density at radius 3 is 2.17 bits per heavy atom. The average molecular weight is 507 g/mol. The number of aryl methyl sites for hydroxylation is 1. The van der Waals surface area contributed by atoms with E-state index in [9.17, 15) is 8.42 Å². The van der Waals surface area contributed by atoms with Gasteiger partial charge in [0.05, 0.1) is 10.3 Å². The first-order valence-corrected chi connectivity index (χ1v) is 14.1. The number of thiophene rings is 1. The van der Waals surface area contributed by atoms with Crippen molar-refractivity contribution >= 4 is 37.4 Å². The van der Waals surface area contributed by atoms with Crippen LogP contribution in [0, 0.1) is 6.92 Å². The first-order valence-electron chi connectivity index (χ1n) is 11.8. The van der Waals surface area contributed by atoms with Crippen molar-refractivity contribution in [3.05, 3.63) is 71.4 Å². The number of hydrogen-bond donors (Lipinski definition) is 0. The maximum atomic E-state index is 13.3. The lowest BCUT2D eigenvalue weighted by molar-refractivity contribution is 0.384. The van der Waals surface area contributed by atoms with Crippen LogP contribution in [0.25, 0.3) is 21.3 Å². The summed E-state index contributed by atoms with van der Waals surface area (Å²) in [6, 6.07) is 17.6. The van der Waals surface area contributed by atoms with Crippen molar-refractivity contribution in [3.8, 4) is 11.1 Å². The van der Waals surface area contributed by atoms with Crippen LogP contribution in [-0.4, -0.2) is 48.9 Å². The van der Waals surface area contributed by atoms with Gasteiger partial charge in [-0.3, -0.25) is 0 Å². The molecule has 2 aromatic heterocycles. The summed E-state index contributed by atoms with van der Waals surface area (Å²) in [6.45, 7) is 10.5. The molecule has 1 aliphatic heterocycles. The quantitative estimate of drug-likeness (QED) is 0.367. The molecule has 0 radical (unpaired) electrons. The Kier molecular flexibility index (Phi) is 6.15. The Labute approximate surface area is 211 Å². The van der Waals surface area contributed by atoms with Gasteiger partial charge in [0.25, 0.3) is 0 Å². The van der Waals surface area contributed by atoms with Crippen LogP contribution in [0.5, 0.6) is 0 Å². The number of fused-ring (bicyclic) bond motifs is 1. The van der Waals surface area contributed by atoms with E-state index >= 15 is 0 Å². The Morgan fingerprint density at radius 1 is 0.886 bits per heavy atom. The molecule has 4 aromatic rings. The summed E-state index contributed by atoms with van der Waals surface area (Å²) in [5.41, 5.74) is 3.41. The zero-order valence-corrected chi connectivity index (χ0v) is 22.2. The van der Waals surface area contributed by atoms with Crippen LogP contribution in [-0.2, 0) is 15.4 Å². The minimum Gasteiger partial charge on any atom is -0.353 e. The monoisotopic (exact) mass is 506 g/mol. The lowest BCUT2D eigenvalue weighted by atomic mass is 9.87. The summed E-state index contributed by atoms with van der Waals surface area (Å²) in [4.78, 5) is 13.9. The van der Waals surface area contributed by atoms with Gasteiger partial charge >= 0.3 is 0 Å². The van der Waals surface area contributed by atoms with Gasteiger partial charge in [0.15, 0.2) is 0 Å². The van der Waals surface area contributed by atoms with Crippen molar-refractivity contribution in [1.29, 1.82) is 0 Å². The van der Waals surface area contributed by atoms with Crippen LogP contribution in [0.2, 0.25) is 0 Å². The zero-order chi connectivity index (χ0) is 24.8. The zero-order valence-electron chi connectivity index (χ0n) is 20.5. The van der Waals surface area contributed by atoms with E-state index in [1.165, 1.54) is 4.88 Å². The van der Waals surface area contributed by atoms with Crippen LogP contribution in [0.4, 0.5) is 5.82 Å². The molecule has 0 bridgehead atoms. The molecule has 2 aromatic carbocycles. The van der Waals surface area contributed by atoms with Gasteiger partial charge < -0.3 is 4.90 Å². The maximum absolute atomic E-state index is 13.3. The van der Waals surface area contributed by atoms with E-state index in [2.05, 4.69) is 54.7 Å². The third kappa shape index (κ3) is 4.46. The van der Waals surface area contributed by atoms with Crippen molar-refractivity contribution in [2.75, 3.05) is 31.1 Å². The van der Waals surface area contributed by atoms with Gasteiger partial charge in [0.2, 0.25) is 10.0 Å². The third-order valence-electron chi connectivity index (χ3n) is 6.60. The molecule has 1 saturated heterocycles. The van der Waals surface area contributed by atoms with Gasteiger partial charge in [0.1, 0.15) is 17.0 Å². The maximum Gasteiger partial charge on any atom is 0.243 e. The molecule has 0 saturated carbocycles. The van der Waals surface area contributed by atoms with E-state index in [-0.39, 0.29) is 5.41 Å². The highest BCUT2D eigenvalue weighted by Gasteiger charge is 2.30. The predicted octanol–water partition coefficient (Wildman–Crippen LogP) is 5.48. The van der Waals surface area contributed by atoms with Gasteiger partial charge in [-0.1, -0.05) is 63.2 Å². The molecular formula is C27H30N4O2S2. The Hall–Kier alpha value is -2.81. The second-order valence-corrected chi connectivity index (χ2v) is 13.1. The number of hydrogen-bond acceptors (Lipinski definition) is 6. The largest absolute Gasteiger partial charge is 0.353 e. The van der Waals surface area contributed by atoms with E-state index in [1.807, 2.05) is 30.3 Å². The van der Waals surface area contributed by atoms with Crippen LogP contribution in [0.1, 0.15) is 31.2 Å². The number of nitrogens with zero attached hydrogens (tertiary/aromatic N) is 4. The number of piperazine rings is 1. The topological polar surface area (TPSA) is 66.4 Å². The molecule has 0 atom stereocenters. The lowest BCUT2D eigenvalue weighted by Gasteiger charge is -2.35. The fourth-order valence-electron chi connectivity index (χ4n) is 4.64. The number of benzene rings is 2. The summed E-state index contributed by atoms with van der Waals surface area (Å²) in [6.07, 6.45) is 1.61. The van der Waals surface area contributed by atoms with Crippen LogP contribution in [0.3, 0.4) is 0 Å². The fraction of sp³-hybridized carbons (Fsp3) is 0.333. The molecule has 1 aliphatic rings. The third-order valence-corrected chi connectivity index (χ3v) is 9.53. The molecule has 35 heavy (non-hydrogen) atoms. The van der Waals surface area contributed by atoms with Crippen molar-refractivity contribution in [3.63, 3.8) is 0 Å². The molecule has 182 valence electrons. The molecule has 8 heteroatoms. The van der Waals surface area contributed by atoms with Crippen molar-refractivity contribution in [1.82, 2.24) is 14.3 Å². The number of anilines is 1. The Bertz CT molecular complexity index is 1450. The van der Waals surface area contributed by atoms with Crippen molar-refractivity contribution in [2.45, 2.75) is 38.0 Å². The van der Waals surface area contributed by atoms with E-state index in [1.54, 1.807) is 34.1 Å². The minimum atomic E-state index is -3.54. The highest BCUT2D eigenvalue weighted by atomic mass is 32.2. The molecule has 5 rings (SSSR count). The summed E-state index contributed by atoms with van der Waals surface area (Å²) in [7, 11) is -3.54. The van der Waals surface area contributed by atoms with Gasteiger partial charge in [-0.25, -0.2) is 18.4 Å². The molecule has 3 heterocycles. The smallest absolute Gasteiger partial charge is 0.243 e. The van der Waals surface area contributed by atoms with Crippen LogP contribution in [0.15, 0.2) is 65.8 Å². The molecule has 0 N–H and O–H groups in total. The second kappa shape index (κ2) is 9.00. The summed E-state index contributed by atoms with van der Waals surface area (Å²) in [5.74, 6) is 0.879. The number of sulfonamides is 1. The summed E-state index contributed by atoms with van der Waals surface area (Å²) >= 11 is 1.67. The molecule has 6 nitrogen and oxygen atoms in total. The second-order valence-electron chi connectivity index (χ2n) is 9.94. The Morgan fingerprint density at radius 2 is 1.54 bits per heavy atom. The molecule has 1 fully saturated rings. The van der Waals surface area contributed by atoms with Gasteiger partial charge in [-0.05, 0) is 35.6 Å². The number of rotatable bonds is 4. The first kappa shape index (κ1) is 23.9. The lowest BCUT2D eigenvalue weighted by Crippen LogP contribution is -2.49. The highest BCUT2D eigenvalue weighted by molar-refractivity contribution is 7.89. The predicted molar refractivity (Wildman–Crippen MR) is 144 cm³/mol. The molecular weight excluding hydrogens is 476 g/mol. The van der Waals surface area contributed by atoms with E-state index < -0.39 is 10.0 Å². The highest BCUT2D eigenvalue weighted by Crippen LogP contribution is 2.41. The molecule has 0 amide bonds. The van der Waals surface area contributed by atoms with Crippen molar-refractivity contribution < 1.29 is 8.42 Å². The fourth-order valence-corrected chi connectivity index (χ4v) is 7.07. The van der Waals surface area contributed by atoms with Crippen LogP contribution >= 0.6 is 11.3 Å². The molecule has 0 spiro atoms. The van der Waals surface area contributed by atoms with Gasteiger partial charge in [0, 0.05) is 36.6 Å². The summed E-state index contributed by atoms with van der Waals surface area (Å²) < 4.78 is 28.2. The Balaban J connectivity index is 1.41. The van der Waals surface area contributed by atoms with Gasteiger partial charge in [-0.2, -0.15) is 4.31 Å².